The van der Waals surface area contributed by atoms with E-state index in [1.54, 1.807) is 6.33 Å². The van der Waals surface area contributed by atoms with Gasteiger partial charge in [-0.25, -0.2) is 9.97 Å². The van der Waals surface area contributed by atoms with E-state index in [1.165, 1.54) is 24.8 Å². The van der Waals surface area contributed by atoms with E-state index in [9.17, 15) is 0 Å². The predicted octanol–water partition coefficient (Wildman–Crippen LogP) is 4.75. The van der Waals surface area contributed by atoms with E-state index in [2.05, 4.69) is 67.5 Å². The molecule has 2 N–H and O–H groups in total. The van der Waals surface area contributed by atoms with Crippen LogP contribution in [0.1, 0.15) is 24.8 Å². The van der Waals surface area contributed by atoms with Crippen LogP contribution in [0, 0.1) is 0 Å². The van der Waals surface area contributed by atoms with Crippen LogP contribution >= 0.6 is 0 Å². The number of aromatic amines is 1. The number of anilines is 4. The van der Waals surface area contributed by atoms with Crippen molar-refractivity contribution in [3.63, 3.8) is 0 Å². The molecule has 2 aliphatic rings. The number of nitrogens with one attached hydrogen (secondary N) is 2. The van der Waals surface area contributed by atoms with Gasteiger partial charge in [0.05, 0.1) is 23.1 Å². The van der Waals surface area contributed by atoms with E-state index in [0.717, 1.165) is 71.5 Å². The minimum Gasteiger partial charge on any atom is -0.388 e. The molecule has 7 heteroatoms. The Kier molecular flexibility index (Phi) is 4.67. The molecule has 7 nitrogen and oxygen atoms in total. The number of H-pyrrole nitrogens is 1. The van der Waals surface area contributed by atoms with Crippen LogP contribution in [-0.2, 0) is 6.42 Å². The molecule has 4 aromatic rings. The van der Waals surface area contributed by atoms with Gasteiger partial charge in [-0.15, -0.1) is 0 Å². The van der Waals surface area contributed by atoms with E-state index < -0.39 is 0 Å². The molecule has 162 valence electrons. The molecular formula is C25H27N7. The zero-order valence-corrected chi connectivity index (χ0v) is 18.3. The second kappa shape index (κ2) is 7.82. The van der Waals surface area contributed by atoms with Gasteiger partial charge in [-0.1, -0.05) is 12.1 Å². The Morgan fingerprint density at radius 3 is 2.75 bits per heavy atom. The third kappa shape index (κ3) is 3.25. The Morgan fingerprint density at radius 1 is 0.969 bits per heavy atom. The summed E-state index contributed by atoms with van der Waals surface area (Å²) < 4.78 is 0. The summed E-state index contributed by atoms with van der Waals surface area (Å²) in [5, 5.41) is 3.26. The molecule has 0 bridgehead atoms. The highest BCUT2D eigenvalue weighted by atomic mass is 15.3. The van der Waals surface area contributed by atoms with Crippen molar-refractivity contribution in [3.8, 4) is 11.3 Å². The first-order valence-corrected chi connectivity index (χ1v) is 11.4. The van der Waals surface area contributed by atoms with Crippen molar-refractivity contribution in [1.29, 1.82) is 0 Å². The van der Waals surface area contributed by atoms with Crippen molar-refractivity contribution in [2.45, 2.75) is 25.7 Å². The van der Waals surface area contributed by atoms with Gasteiger partial charge in [-0.3, -0.25) is 0 Å². The fraction of sp³-hybridized carbons (Fsp3) is 0.320. The lowest BCUT2D eigenvalue weighted by molar-refractivity contribution is 0.568. The average Bonchev–Trinajstić information content (AvgIpc) is 3.50. The van der Waals surface area contributed by atoms with Crippen molar-refractivity contribution in [2.75, 3.05) is 41.8 Å². The summed E-state index contributed by atoms with van der Waals surface area (Å²) in [6.45, 7) is 2.93. The largest absolute Gasteiger partial charge is 0.388 e. The van der Waals surface area contributed by atoms with Crippen LogP contribution < -0.4 is 15.1 Å². The fourth-order valence-corrected chi connectivity index (χ4v) is 4.88. The normalized spacial score (nSPS) is 15.9. The molecule has 0 radical (unpaired) electrons. The molecule has 0 unspecified atom stereocenters. The van der Waals surface area contributed by atoms with Gasteiger partial charge in [-0.05, 0) is 56.0 Å². The summed E-state index contributed by atoms with van der Waals surface area (Å²) in [7, 11) is 1.95. The zero-order chi connectivity index (χ0) is 21.5. The first-order chi connectivity index (χ1) is 15.8. The molecular weight excluding hydrogens is 398 g/mol. The molecule has 1 saturated heterocycles. The number of rotatable bonds is 4. The molecule has 6 rings (SSSR count). The second-order valence-electron chi connectivity index (χ2n) is 8.56. The summed E-state index contributed by atoms with van der Waals surface area (Å²) in [6, 6.07) is 14.9. The lowest BCUT2D eigenvalue weighted by atomic mass is 10.0. The van der Waals surface area contributed by atoms with E-state index in [1.807, 2.05) is 7.05 Å². The molecule has 2 aliphatic heterocycles. The van der Waals surface area contributed by atoms with Gasteiger partial charge in [0.2, 0.25) is 5.95 Å². The number of piperidine rings is 1. The highest BCUT2D eigenvalue weighted by Gasteiger charge is 2.29. The summed E-state index contributed by atoms with van der Waals surface area (Å²) in [4.78, 5) is 22.6. The van der Waals surface area contributed by atoms with E-state index in [-0.39, 0.29) is 0 Å². The van der Waals surface area contributed by atoms with Gasteiger partial charge in [0.15, 0.2) is 0 Å². The van der Waals surface area contributed by atoms with Gasteiger partial charge >= 0.3 is 0 Å². The van der Waals surface area contributed by atoms with Crippen LogP contribution in [0.3, 0.4) is 0 Å². The predicted molar refractivity (Wildman–Crippen MR) is 130 cm³/mol. The molecule has 2 aromatic heterocycles. The summed E-state index contributed by atoms with van der Waals surface area (Å²) in [5.74, 6) is 1.88. The van der Waals surface area contributed by atoms with Crippen LogP contribution in [0.25, 0.3) is 22.3 Å². The van der Waals surface area contributed by atoms with Crippen LogP contribution in [-0.4, -0.2) is 46.6 Å². The van der Waals surface area contributed by atoms with Crippen LogP contribution in [0.2, 0.25) is 0 Å². The number of hydrogen-bond acceptors (Lipinski definition) is 6. The highest BCUT2D eigenvalue weighted by molar-refractivity contribution is 5.83. The Bertz CT molecular complexity index is 1270. The Balaban J connectivity index is 1.49. The maximum atomic E-state index is 5.13. The quantitative estimate of drug-likeness (QED) is 0.492. The van der Waals surface area contributed by atoms with Crippen molar-refractivity contribution in [2.24, 2.45) is 0 Å². The molecule has 4 heterocycles. The maximum Gasteiger partial charge on any atom is 0.227 e. The molecule has 0 spiro atoms. The number of aromatic nitrogens is 4. The zero-order valence-electron chi connectivity index (χ0n) is 18.3. The van der Waals surface area contributed by atoms with E-state index in [4.69, 9.17) is 9.97 Å². The summed E-state index contributed by atoms with van der Waals surface area (Å²) in [6.07, 6.45) is 6.35. The first kappa shape index (κ1) is 19.1. The van der Waals surface area contributed by atoms with Crippen molar-refractivity contribution in [1.82, 2.24) is 19.9 Å². The second-order valence-corrected chi connectivity index (χ2v) is 8.56. The minimum atomic E-state index is 0.848. The van der Waals surface area contributed by atoms with Gasteiger partial charge in [0.1, 0.15) is 5.82 Å². The number of benzene rings is 2. The topological polar surface area (TPSA) is 73.0 Å². The van der Waals surface area contributed by atoms with E-state index in [0.29, 0.717) is 0 Å². The number of nitrogens with zero attached hydrogens (tertiary/aromatic N) is 5. The summed E-state index contributed by atoms with van der Waals surface area (Å²) >= 11 is 0. The van der Waals surface area contributed by atoms with Gasteiger partial charge in [-0.2, -0.15) is 4.98 Å². The maximum absolute atomic E-state index is 5.13. The third-order valence-electron chi connectivity index (χ3n) is 6.59. The van der Waals surface area contributed by atoms with Gasteiger partial charge in [0.25, 0.3) is 0 Å². The van der Waals surface area contributed by atoms with E-state index >= 15 is 0 Å². The monoisotopic (exact) mass is 425 g/mol. The van der Waals surface area contributed by atoms with Crippen molar-refractivity contribution in [3.05, 3.63) is 54.4 Å². The van der Waals surface area contributed by atoms with Crippen LogP contribution in [0.15, 0.2) is 48.8 Å². The molecule has 0 amide bonds. The first-order valence-electron chi connectivity index (χ1n) is 11.4. The molecule has 1 fully saturated rings. The smallest absolute Gasteiger partial charge is 0.227 e. The molecule has 0 saturated carbocycles. The van der Waals surface area contributed by atoms with Crippen molar-refractivity contribution < 1.29 is 0 Å². The van der Waals surface area contributed by atoms with Crippen molar-refractivity contribution >= 4 is 34.2 Å². The molecule has 0 aliphatic carbocycles. The molecule has 2 aromatic carbocycles. The number of imidazole rings is 1. The molecule has 0 atom stereocenters. The van der Waals surface area contributed by atoms with Gasteiger partial charge < -0.3 is 20.1 Å². The SMILES string of the molecule is CNc1cccc(-c2nc(N3CCCCC3)nc3c2CCN3c2ccc3[nH]cnc3c2)c1. The Hall–Kier alpha value is -3.61. The Labute approximate surface area is 187 Å². The molecule has 32 heavy (non-hydrogen) atoms. The Morgan fingerprint density at radius 2 is 1.88 bits per heavy atom. The standard InChI is InChI=1S/C25H27N7/c1-26-18-7-5-6-17(14-18)23-20-10-13-32(19-8-9-21-22(15-19)28-16-27-21)24(20)30-25(29-23)31-11-3-2-4-12-31/h5-9,14-16,26H,2-4,10-13H2,1H3,(H,27,28). The number of hydrogen-bond donors (Lipinski definition) is 2. The lowest BCUT2D eigenvalue weighted by Gasteiger charge is -2.28. The minimum absolute atomic E-state index is 0.848. The number of fused-ring (bicyclic) bond motifs is 2. The lowest BCUT2D eigenvalue weighted by Crippen LogP contribution is -2.31. The third-order valence-corrected chi connectivity index (χ3v) is 6.59. The van der Waals surface area contributed by atoms with Gasteiger partial charge in [0, 0.05) is 49.2 Å². The highest BCUT2D eigenvalue weighted by Crippen LogP contribution is 2.40. The van der Waals surface area contributed by atoms with Crippen LogP contribution in [0.4, 0.5) is 23.1 Å². The van der Waals surface area contributed by atoms with Crippen LogP contribution in [0.5, 0.6) is 0 Å². The summed E-state index contributed by atoms with van der Waals surface area (Å²) in [5.41, 5.74) is 7.66. The fourth-order valence-electron chi connectivity index (χ4n) is 4.88. The average molecular weight is 426 g/mol.